The van der Waals surface area contributed by atoms with E-state index in [1.54, 1.807) is 17.8 Å². The van der Waals surface area contributed by atoms with Gasteiger partial charge in [0.15, 0.2) is 0 Å². The lowest BCUT2D eigenvalue weighted by molar-refractivity contribution is -0.120. The number of hydrogen-bond donors (Lipinski definition) is 3. The van der Waals surface area contributed by atoms with Gasteiger partial charge in [0.1, 0.15) is 10.9 Å². The van der Waals surface area contributed by atoms with E-state index in [2.05, 4.69) is 26.2 Å². The zero-order valence-corrected chi connectivity index (χ0v) is 20.7. The first-order valence-corrected chi connectivity index (χ1v) is 11.8. The van der Waals surface area contributed by atoms with Crippen LogP contribution in [0.2, 0.25) is 0 Å². The molecule has 3 aromatic rings. The van der Waals surface area contributed by atoms with Crippen molar-refractivity contribution in [3.8, 4) is 0 Å². The van der Waals surface area contributed by atoms with Gasteiger partial charge >= 0.3 is 0 Å². The molecule has 1 heterocycles. The molecule has 0 aliphatic carbocycles. The van der Waals surface area contributed by atoms with Crippen molar-refractivity contribution < 1.29 is 17.8 Å². The quantitative estimate of drug-likeness (QED) is 0.213. The number of hydrogen-bond acceptors (Lipinski definition) is 6. The zero-order chi connectivity index (χ0) is 21.0. The fourth-order valence-electron chi connectivity index (χ4n) is 2.89. The molecule has 2 aromatic carbocycles. The number of benzene rings is 2. The van der Waals surface area contributed by atoms with Crippen LogP contribution in [0.5, 0.6) is 0 Å². The Morgan fingerprint density at radius 2 is 1.81 bits per heavy atom. The minimum atomic E-state index is -4.42. The Hall–Kier alpha value is -1.40. The minimum absolute atomic E-state index is 0. The molecule has 3 rings (SSSR count). The van der Waals surface area contributed by atoms with Gasteiger partial charge in [-0.3, -0.25) is 14.3 Å². The molecular formula is C19H20BrCl2N3O4S2. The Kier molecular flexibility index (Phi) is 10.7. The van der Waals surface area contributed by atoms with Gasteiger partial charge in [0.05, 0.1) is 5.69 Å². The molecule has 12 heteroatoms. The molecule has 1 unspecified atom stereocenters. The average Bonchev–Trinajstić information content (AvgIpc) is 2.67. The largest absolute Gasteiger partial charge is 0.368 e. The lowest BCUT2D eigenvalue weighted by atomic mass is 10.0. The molecule has 4 N–H and O–H groups in total. The summed E-state index contributed by atoms with van der Waals surface area (Å²) in [5.41, 5.74) is 5.89. The summed E-state index contributed by atoms with van der Waals surface area (Å²) < 4.78 is 33.8. The Bertz CT molecular complexity index is 1150. The highest BCUT2D eigenvalue weighted by atomic mass is 79.9. The molecule has 0 saturated heterocycles. The molecule has 0 bridgehead atoms. The second-order valence-corrected chi connectivity index (χ2v) is 9.59. The maximum absolute atomic E-state index is 12.1. The highest BCUT2D eigenvalue weighted by molar-refractivity contribution is 9.10. The van der Waals surface area contributed by atoms with E-state index in [0.29, 0.717) is 23.4 Å². The first-order chi connectivity index (χ1) is 13.8. The van der Waals surface area contributed by atoms with Gasteiger partial charge in [-0.05, 0) is 36.4 Å². The SMILES string of the molecule is Cl.Cl.NC(=O)C(NCCSc1ccc(Br)cc1)c1nccc2c(S(=O)(=O)O)cccc12. The van der Waals surface area contributed by atoms with Crippen molar-refractivity contribution in [3.63, 3.8) is 0 Å². The normalized spacial score (nSPS) is 11.9. The smallest absolute Gasteiger partial charge is 0.295 e. The van der Waals surface area contributed by atoms with Crippen LogP contribution in [0.1, 0.15) is 11.7 Å². The molecule has 168 valence electrons. The topological polar surface area (TPSA) is 122 Å². The van der Waals surface area contributed by atoms with Crippen LogP contribution in [0.25, 0.3) is 10.8 Å². The molecule has 1 atom stereocenters. The van der Waals surface area contributed by atoms with E-state index < -0.39 is 22.1 Å². The summed E-state index contributed by atoms with van der Waals surface area (Å²) in [5, 5.41) is 3.79. The molecule has 31 heavy (non-hydrogen) atoms. The van der Waals surface area contributed by atoms with Gasteiger partial charge in [-0.15, -0.1) is 36.6 Å². The number of thioether (sulfide) groups is 1. The van der Waals surface area contributed by atoms with Crippen molar-refractivity contribution in [2.24, 2.45) is 5.73 Å². The van der Waals surface area contributed by atoms with E-state index in [9.17, 15) is 17.8 Å². The van der Waals surface area contributed by atoms with Crippen molar-refractivity contribution in [2.75, 3.05) is 12.3 Å². The molecule has 7 nitrogen and oxygen atoms in total. The molecule has 0 fully saturated rings. The molecule has 0 spiro atoms. The van der Waals surface area contributed by atoms with Crippen LogP contribution in [0.4, 0.5) is 0 Å². The number of amides is 1. The van der Waals surface area contributed by atoms with E-state index in [1.807, 2.05) is 24.3 Å². The van der Waals surface area contributed by atoms with Crippen LogP contribution in [0, 0.1) is 0 Å². The molecule has 0 aliphatic rings. The molecular weight excluding hydrogens is 549 g/mol. The molecule has 0 saturated carbocycles. The second kappa shape index (κ2) is 12.0. The van der Waals surface area contributed by atoms with Gasteiger partial charge < -0.3 is 11.1 Å². The predicted molar refractivity (Wildman–Crippen MR) is 131 cm³/mol. The number of rotatable bonds is 8. The maximum atomic E-state index is 12.1. The number of halogens is 3. The summed E-state index contributed by atoms with van der Waals surface area (Å²) in [7, 11) is -4.42. The van der Waals surface area contributed by atoms with Crippen LogP contribution < -0.4 is 11.1 Å². The number of carbonyl (C=O) groups excluding carboxylic acids is 1. The van der Waals surface area contributed by atoms with Gasteiger partial charge in [0.25, 0.3) is 10.1 Å². The maximum Gasteiger partial charge on any atom is 0.295 e. The molecule has 0 aliphatic heterocycles. The van der Waals surface area contributed by atoms with Crippen molar-refractivity contribution in [2.45, 2.75) is 15.8 Å². The average molecular weight is 569 g/mol. The Morgan fingerprint density at radius 3 is 2.42 bits per heavy atom. The Balaban J connectivity index is 0.00000240. The van der Waals surface area contributed by atoms with Gasteiger partial charge in [0, 0.05) is 38.6 Å². The van der Waals surface area contributed by atoms with E-state index in [-0.39, 0.29) is 35.1 Å². The number of fused-ring (bicyclic) bond motifs is 1. The van der Waals surface area contributed by atoms with Crippen LogP contribution in [-0.4, -0.2) is 36.2 Å². The zero-order valence-electron chi connectivity index (χ0n) is 15.9. The number of carbonyl (C=O) groups is 1. The van der Waals surface area contributed by atoms with Gasteiger partial charge in [0.2, 0.25) is 5.91 Å². The monoisotopic (exact) mass is 567 g/mol. The van der Waals surface area contributed by atoms with E-state index in [4.69, 9.17) is 5.73 Å². The third-order valence-corrected chi connectivity index (χ3v) is 6.62. The first kappa shape index (κ1) is 27.6. The van der Waals surface area contributed by atoms with Crippen LogP contribution >= 0.6 is 52.5 Å². The third kappa shape index (κ3) is 7.04. The lowest BCUT2D eigenvalue weighted by Crippen LogP contribution is -2.35. The third-order valence-electron chi connectivity index (χ3n) is 4.17. The van der Waals surface area contributed by atoms with Crippen molar-refractivity contribution >= 4 is 79.3 Å². The standard InChI is InChI=1S/C19H18BrN3O4S2.2ClH/c20-12-4-6-13(7-5-12)28-11-10-23-18(19(21)24)17-15-2-1-3-16(29(25,26)27)14(15)8-9-22-17;;/h1-9,18,23H,10-11H2,(H2,21,24)(H,25,26,27);2*1H. The summed E-state index contributed by atoms with van der Waals surface area (Å²) in [4.78, 5) is 17.2. The summed E-state index contributed by atoms with van der Waals surface area (Å²) in [6.07, 6.45) is 1.39. The summed E-state index contributed by atoms with van der Waals surface area (Å²) in [6.45, 7) is 0.477. The van der Waals surface area contributed by atoms with Crippen molar-refractivity contribution in [3.05, 3.63) is 64.9 Å². The first-order valence-electron chi connectivity index (χ1n) is 8.53. The van der Waals surface area contributed by atoms with E-state index >= 15 is 0 Å². The number of primary amides is 1. The fourth-order valence-corrected chi connectivity index (χ4v) is 4.65. The predicted octanol–water partition coefficient (Wildman–Crippen LogP) is 4.00. The Labute approximate surface area is 205 Å². The number of pyridine rings is 1. The van der Waals surface area contributed by atoms with E-state index in [1.165, 1.54) is 24.4 Å². The van der Waals surface area contributed by atoms with Crippen LogP contribution in [0.15, 0.2) is 69.0 Å². The molecule has 0 radical (unpaired) electrons. The number of nitrogens with two attached hydrogens (primary N) is 1. The summed E-state index contributed by atoms with van der Waals surface area (Å²) in [5.74, 6) is 0.0582. The Morgan fingerprint density at radius 1 is 1.13 bits per heavy atom. The van der Waals surface area contributed by atoms with Gasteiger partial charge in [-0.2, -0.15) is 8.42 Å². The van der Waals surface area contributed by atoms with Gasteiger partial charge in [-0.25, -0.2) is 0 Å². The van der Waals surface area contributed by atoms with Crippen LogP contribution in [0.3, 0.4) is 0 Å². The number of aromatic nitrogens is 1. The minimum Gasteiger partial charge on any atom is -0.368 e. The molecule has 1 aromatic heterocycles. The van der Waals surface area contributed by atoms with Crippen molar-refractivity contribution in [1.29, 1.82) is 0 Å². The second-order valence-electron chi connectivity index (χ2n) is 6.11. The lowest BCUT2D eigenvalue weighted by Gasteiger charge is -2.17. The van der Waals surface area contributed by atoms with Crippen LogP contribution in [-0.2, 0) is 14.9 Å². The number of nitrogens with zero attached hydrogens (tertiary/aromatic N) is 1. The fraction of sp³-hybridized carbons (Fsp3) is 0.158. The van der Waals surface area contributed by atoms with Crippen molar-refractivity contribution in [1.82, 2.24) is 10.3 Å². The summed E-state index contributed by atoms with van der Waals surface area (Å²) >= 11 is 5.01. The molecule has 1 amide bonds. The highest BCUT2D eigenvalue weighted by Crippen LogP contribution is 2.28. The highest BCUT2D eigenvalue weighted by Gasteiger charge is 2.23. The van der Waals surface area contributed by atoms with Gasteiger partial charge in [-0.1, -0.05) is 28.1 Å². The number of nitrogens with one attached hydrogen (secondary N) is 1. The van der Waals surface area contributed by atoms with E-state index in [0.717, 1.165) is 9.37 Å². The summed E-state index contributed by atoms with van der Waals surface area (Å²) in [6, 6.07) is 12.9.